The molecule has 1 unspecified atom stereocenters. The molecule has 5 rings (SSSR count). The van der Waals surface area contributed by atoms with Gasteiger partial charge in [-0.15, -0.1) is 0 Å². The zero-order valence-electron chi connectivity index (χ0n) is 20.4. The van der Waals surface area contributed by atoms with Gasteiger partial charge in [-0.25, -0.2) is 9.79 Å². The Morgan fingerprint density at radius 2 is 1.89 bits per heavy atom. The lowest BCUT2D eigenvalue weighted by atomic mass is 9.95. The number of halogens is 2. The SMILES string of the molecule is CCOC(=O)C1=C(C)N=c2s/c(=C/c3cc(Br)c(OC(C)=O)c(Br)c3)c(=O)n2C1c1ccc2c(c1)OCO2. The monoisotopic (exact) mass is 662 g/mol. The Morgan fingerprint density at radius 1 is 1.18 bits per heavy atom. The zero-order chi connectivity index (χ0) is 27.1. The summed E-state index contributed by atoms with van der Waals surface area (Å²) in [6.07, 6.45) is 1.72. The van der Waals surface area contributed by atoms with Gasteiger partial charge in [0.05, 0.1) is 37.4 Å². The topological polar surface area (TPSA) is 105 Å². The summed E-state index contributed by atoms with van der Waals surface area (Å²) in [6.45, 7) is 5.05. The molecule has 196 valence electrons. The Morgan fingerprint density at radius 3 is 2.58 bits per heavy atom. The third-order valence-electron chi connectivity index (χ3n) is 5.79. The number of esters is 2. The van der Waals surface area contributed by atoms with Gasteiger partial charge in [-0.05, 0) is 87.2 Å². The summed E-state index contributed by atoms with van der Waals surface area (Å²) in [7, 11) is 0. The lowest BCUT2D eigenvalue weighted by molar-refractivity contribution is -0.139. The molecule has 0 saturated carbocycles. The van der Waals surface area contributed by atoms with Crippen LogP contribution < -0.4 is 29.1 Å². The Balaban J connectivity index is 1.68. The molecule has 2 aliphatic rings. The van der Waals surface area contributed by atoms with Crippen molar-refractivity contribution in [3.05, 3.63) is 81.4 Å². The predicted molar refractivity (Wildman–Crippen MR) is 146 cm³/mol. The van der Waals surface area contributed by atoms with E-state index in [-0.39, 0.29) is 24.5 Å². The van der Waals surface area contributed by atoms with Crippen LogP contribution >= 0.6 is 43.2 Å². The van der Waals surface area contributed by atoms with Crippen molar-refractivity contribution in [2.45, 2.75) is 26.8 Å². The van der Waals surface area contributed by atoms with Crippen LogP contribution in [0.2, 0.25) is 0 Å². The molecule has 0 aliphatic carbocycles. The normalized spacial score (nSPS) is 16.2. The van der Waals surface area contributed by atoms with Crippen molar-refractivity contribution in [1.82, 2.24) is 4.57 Å². The molecule has 38 heavy (non-hydrogen) atoms. The second kappa shape index (κ2) is 10.5. The minimum Gasteiger partial charge on any atom is -0.463 e. The lowest BCUT2D eigenvalue weighted by Gasteiger charge is -2.24. The number of carbonyl (C=O) groups excluding carboxylic acids is 2. The van der Waals surface area contributed by atoms with E-state index in [0.29, 0.717) is 52.4 Å². The summed E-state index contributed by atoms with van der Waals surface area (Å²) in [5, 5.41) is 0. The summed E-state index contributed by atoms with van der Waals surface area (Å²) in [5.74, 6) is 0.468. The first kappa shape index (κ1) is 26.4. The minimum atomic E-state index is -0.772. The van der Waals surface area contributed by atoms with Gasteiger partial charge in [0.25, 0.3) is 5.56 Å². The van der Waals surface area contributed by atoms with Crippen LogP contribution in [-0.2, 0) is 14.3 Å². The quantitative estimate of drug-likeness (QED) is 0.300. The molecule has 0 bridgehead atoms. The third kappa shape index (κ3) is 4.83. The zero-order valence-corrected chi connectivity index (χ0v) is 24.4. The van der Waals surface area contributed by atoms with E-state index in [0.717, 1.165) is 0 Å². The summed E-state index contributed by atoms with van der Waals surface area (Å²) >= 11 is 8.05. The summed E-state index contributed by atoms with van der Waals surface area (Å²) in [6, 6.07) is 8.04. The number of fused-ring (bicyclic) bond motifs is 2. The van der Waals surface area contributed by atoms with Crippen LogP contribution in [0.4, 0.5) is 0 Å². The van der Waals surface area contributed by atoms with Gasteiger partial charge in [-0.3, -0.25) is 14.2 Å². The molecule has 1 atom stereocenters. The van der Waals surface area contributed by atoms with Crippen molar-refractivity contribution in [2.75, 3.05) is 13.4 Å². The first-order valence-corrected chi connectivity index (χ1v) is 13.8. The number of thiazole rings is 1. The third-order valence-corrected chi connectivity index (χ3v) is 7.95. The molecule has 2 aromatic carbocycles. The van der Waals surface area contributed by atoms with Crippen LogP contribution in [0.15, 0.2) is 60.3 Å². The molecule has 9 nitrogen and oxygen atoms in total. The number of hydrogen-bond acceptors (Lipinski definition) is 9. The average molecular weight is 664 g/mol. The van der Waals surface area contributed by atoms with Crippen molar-refractivity contribution in [2.24, 2.45) is 4.99 Å². The first-order chi connectivity index (χ1) is 18.2. The fourth-order valence-corrected chi connectivity index (χ4v) is 6.68. The van der Waals surface area contributed by atoms with Crippen LogP contribution in [-0.4, -0.2) is 29.9 Å². The standard InChI is InChI=1S/C26H20Br2N2O7S/c1-4-34-25(33)21-12(2)29-26-30(22(21)15-5-6-18-19(10-15)36-11-35-18)24(32)20(38-26)9-14-7-16(27)23(17(28)8-14)37-13(3)31/h5-10,22H,4,11H2,1-3H3/b20-9+. The van der Waals surface area contributed by atoms with Crippen molar-refractivity contribution in [3.8, 4) is 17.2 Å². The highest BCUT2D eigenvalue weighted by Gasteiger charge is 2.34. The van der Waals surface area contributed by atoms with E-state index >= 15 is 0 Å². The maximum absolute atomic E-state index is 13.8. The molecule has 1 aromatic heterocycles. The second-order valence-corrected chi connectivity index (χ2v) is 11.0. The Bertz CT molecular complexity index is 1680. The molecule has 0 saturated heterocycles. The molecule has 0 spiro atoms. The van der Waals surface area contributed by atoms with E-state index in [1.807, 2.05) is 0 Å². The van der Waals surface area contributed by atoms with Gasteiger partial charge in [-0.2, -0.15) is 0 Å². The average Bonchev–Trinajstić information content (AvgIpc) is 3.44. The van der Waals surface area contributed by atoms with E-state index in [1.54, 1.807) is 50.3 Å². The van der Waals surface area contributed by atoms with E-state index in [4.69, 9.17) is 18.9 Å². The number of hydrogen-bond donors (Lipinski definition) is 0. The Kier molecular flexibility index (Phi) is 7.30. The van der Waals surface area contributed by atoms with Crippen LogP contribution in [0.5, 0.6) is 17.2 Å². The summed E-state index contributed by atoms with van der Waals surface area (Å²) in [5.41, 5.74) is 1.78. The second-order valence-electron chi connectivity index (χ2n) is 8.32. The van der Waals surface area contributed by atoms with Crippen molar-refractivity contribution in [3.63, 3.8) is 0 Å². The maximum atomic E-state index is 13.8. The molecular formula is C26H20Br2N2O7S. The summed E-state index contributed by atoms with van der Waals surface area (Å²) < 4.78 is 24.6. The number of benzene rings is 2. The van der Waals surface area contributed by atoms with E-state index in [9.17, 15) is 14.4 Å². The highest BCUT2D eigenvalue weighted by Crippen LogP contribution is 2.38. The Labute approximate surface area is 237 Å². The largest absolute Gasteiger partial charge is 0.463 e. The van der Waals surface area contributed by atoms with Crippen molar-refractivity contribution in [1.29, 1.82) is 0 Å². The number of aromatic nitrogens is 1. The van der Waals surface area contributed by atoms with Gasteiger partial charge in [0, 0.05) is 6.92 Å². The highest BCUT2D eigenvalue weighted by molar-refractivity contribution is 9.11. The Hall–Kier alpha value is -3.22. The van der Waals surface area contributed by atoms with E-state index in [1.165, 1.54) is 22.8 Å². The molecule has 0 N–H and O–H groups in total. The number of allylic oxidation sites excluding steroid dienone is 1. The number of nitrogens with zero attached hydrogens (tertiary/aromatic N) is 2. The predicted octanol–water partition coefficient (Wildman–Crippen LogP) is 3.98. The fourth-order valence-electron chi connectivity index (χ4n) is 4.25. The molecule has 0 radical (unpaired) electrons. The molecule has 12 heteroatoms. The lowest BCUT2D eigenvalue weighted by Crippen LogP contribution is -2.39. The van der Waals surface area contributed by atoms with Crippen molar-refractivity contribution < 1.29 is 28.5 Å². The fraction of sp³-hybridized carbons (Fsp3) is 0.231. The molecule has 3 aromatic rings. The number of ether oxygens (including phenoxy) is 4. The molecule has 0 amide bonds. The number of rotatable bonds is 5. The minimum absolute atomic E-state index is 0.0997. The van der Waals surface area contributed by atoms with Gasteiger partial charge in [0.2, 0.25) is 6.79 Å². The molecule has 2 aliphatic heterocycles. The highest BCUT2D eigenvalue weighted by atomic mass is 79.9. The summed E-state index contributed by atoms with van der Waals surface area (Å²) in [4.78, 5) is 43.3. The van der Waals surface area contributed by atoms with Gasteiger partial charge in [-0.1, -0.05) is 17.4 Å². The molecule has 3 heterocycles. The van der Waals surface area contributed by atoms with Gasteiger partial charge in [0.1, 0.15) is 0 Å². The van der Waals surface area contributed by atoms with Crippen LogP contribution in [0, 0.1) is 0 Å². The molecule has 0 fully saturated rings. The van der Waals surface area contributed by atoms with E-state index in [2.05, 4.69) is 36.9 Å². The van der Waals surface area contributed by atoms with Crippen LogP contribution in [0.3, 0.4) is 0 Å². The van der Waals surface area contributed by atoms with Crippen molar-refractivity contribution >= 4 is 61.2 Å². The van der Waals surface area contributed by atoms with Gasteiger partial charge in [0.15, 0.2) is 22.0 Å². The smallest absolute Gasteiger partial charge is 0.338 e. The van der Waals surface area contributed by atoms with Gasteiger partial charge < -0.3 is 18.9 Å². The van der Waals surface area contributed by atoms with E-state index < -0.39 is 18.0 Å². The van der Waals surface area contributed by atoms with Gasteiger partial charge >= 0.3 is 11.9 Å². The number of carbonyl (C=O) groups is 2. The molecular weight excluding hydrogens is 644 g/mol. The van der Waals surface area contributed by atoms with Crippen LogP contribution in [0.25, 0.3) is 6.08 Å². The van der Waals surface area contributed by atoms with Crippen LogP contribution in [0.1, 0.15) is 37.9 Å². The maximum Gasteiger partial charge on any atom is 0.338 e. The first-order valence-electron chi connectivity index (χ1n) is 11.4.